The highest BCUT2D eigenvalue weighted by atomic mass is 16.3. The summed E-state index contributed by atoms with van der Waals surface area (Å²) in [7, 11) is 1.72. The van der Waals surface area contributed by atoms with Gasteiger partial charge in [0, 0.05) is 24.7 Å². The van der Waals surface area contributed by atoms with Crippen LogP contribution in [0.1, 0.15) is 23.2 Å². The van der Waals surface area contributed by atoms with Crippen LogP contribution in [0.3, 0.4) is 0 Å². The number of nitrogens with zero attached hydrogens (tertiary/aromatic N) is 2. The van der Waals surface area contributed by atoms with Gasteiger partial charge in [-0.3, -0.25) is 4.79 Å². The number of aromatic nitrogens is 1. The van der Waals surface area contributed by atoms with Crippen molar-refractivity contribution in [1.82, 2.24) is 9.88 Å². The van der Waals surface area contributed by atoms with Crippen LogP contribution in [0.15, 0.2) is 41.3 Å². The monoisotopic (exact) mass is 286 g/mol. The maximum Gasteiger partial charge on any atom is 0.253 e. The first-order valence-electron chi connectivity index (χ1n) is 7.07. The van der Waals surface area contributed by atoms with Crippen LogP contribution in [0.5, 0.6) is 0 Å². The molecule has 1 aromatic heterocycles. The van der Waals surface area contributed by atoms with Crippen LogP contribution >= 0.6 is 0 Å². The summed E-state index contributed by atoms with van der Waals surface area (Å²) in [6, 6.07) is 7.19. The number of carbonyl (C=O) groups is 1. The largest absolute Gasteiger partial charge is 0.444 e. The number of hydrogen-bond donors (Lipinski definition) is 1. The zero-order chi connectivity index (χ0) is 14.8. The topological polar surface area (TPSA) is 66.6 Å². The molecule has 1 atom stereocenters. The highest BCUT2D eigenvalue weighted by molar-refractivity contribution is 5.94. The Morgan fingerprint density at radius 2 is 2.14 bits per heavy atom. The molecule has 110 valence electrons. The number of aliphatic hydroxyl groups excluding tert-OH is 1. The van der Waals surface area contributed by atoms with E-state index in [0.717, 1.165) is 18.4 Å². The third-order valence-electron chi connectivity index (χ3n) is 3.82. The Morgan fingerprint density at radius 1 is 1.43 bits per heavy atom. The Kier molecular flexibility index (Phi) is 3.75. The number of aliphatic hydroxyl groups is 1. The van der Waals surface area contributed by atoms with E-state index in [1.54, 1.807) is 30.3 Å². The number of likely N-dealkylation sites (N-methyl/N-ethyl adjacent to an activating group) is 1. The van der Waals surface area contributed by atoms with Crippen LogP contribution in [0, 0.1) is 5.92 Å². The van der Waals surface area contributed by atoms with Gasteiger partial charge in [-0.05, 0) is 30.9 Å². The lowest BCUT2D eigenvalue weighted by molar-refractivity contribution is 0.0645. The van der Waals surface area contributed by atoms with Crippen molar-refractivity contribution in [3.63, 3.8) is 0 Å². The zero-order valence-corrected chi connectivity index (χ0v) is 11.9. The predicted octanol–water partition coefficient (Wildman–Crippen LogP) is 2.18. The lowest BCUT2D eigenvalue weighted by atomic mass is 10.1. The summed E-state index contributed by atoms with van der Waals surface area (Å²) in [6.07, 6.45) is 4.73. The molecule has 21 heavy (non-hydrogen) atoms. The summed E-state index contributed by atoms with van der Waals surface area (Å²) in [5.41, 5.74) is 1.48. The molecule has 1 saturated carbocycles. The normalized spacial score (nSPS) is 15.7. The van der Waals surface area contributed by atoms with Crippen molar-refractivity contribution in [2.45, 2.75) is 18.9 Å². The van der Waals surface area contributed by atoms with E-state index < -0.39 is 6.10 Å². The molecule has 1 aliphatic rings. The van der Waals surface area contributed by atoms with Crippen LogP contribution in [-0.2, 0) is 0 Å². The van der Waals surface area contributed by atoms with Gasteiger partial charge in [0.2, 0.25) is 0 Å². The third kappa shape index (κ3) is 3.13. The second-order valence-corrected chi connectivity index (χ2v) is 5.53. The first kappa shape index (κ1) is 13.8. The van der Waals surface area contributed by atoms with Crippen molar-refractivity contribution in [1.29, 1.82) is 0 Å². The van der Waals surface area contributed by atoms with Gasteiger partial charge in [-0.2, -0.15) is 0 Å². The minimum Gasteiger partial charge on any atom is -0.444 e. The first-order valence-corrected chi connectivity index (χ1v) is 7.07. The zero-order valence-electron chi connectivity index (χ0n) is 11.9. The Labute approximate surface area is 123 Å². The minimum absolute atomic E-state index is 0.0844. The highest BCUT2D eigenvalue weighted by Gasteiger charge is 2.31. The van der Waals surface area contributed by atoms with Crippen molar-refractivity contribution in [2.24, 2.45) is 5.92 Å². The molecule has 1 heterocycles. The van der Waals surface area contributed by atoms with Crippen LogP contribution in [0.4, 0.5) is 0 Å². The molecule has 0 aliphatic heterocycles. The van der Waals surface area contributed by atoms with E-state index in [9.17, 15) is 9.90 Å². The summed E-state index contributed by atoms with van der Waals surface area (Å²) in [5, 5.41) is 9.91. The van der Waals surface area contributed by atoms with Crippen LogP contribution in [0.25, 0.3) is 11.3 Å². The van der Waals surface area contributed by atoms with Crippen molar-refractivity contribution >= 4 is 5.91 Å². The summed E-state index contributed by atoms with van der Waals surface area (Å²) >= 11 is 0. The lowest BCUT2D eigenvalue weighted by Gasteiger charge is -2.20. The quantitative estimate of drug-likeness (QED) is 0.915. The maximum absolute atomic E-state index is 12.3. The number of carbonyl (C=O) groups excluding carboxylic acids is 1. The fourth-order valence-corrected chi connectivity index (χ4v) is 2.35. The van der Waals surface area contributed by atoms with Gasteiger partial charge in [-0.25, -0.2) is 4.98 Å². The number of hydrogen-bond acceptors (Lipinski definition) is 4. The first-order chi connectivity index (χ1) is 10.1. The molecule has 1 aromatic carbocycles. The Hall–Kier alpha value is -2.14. The fraction of sp³-hybridized carbons (Fsp3) is 0.375. The molecule has 3 rings (SSSR count). The van der Waals surface area contributed by atoms with Gasteiger partial charge in [0.25, 0.3) is 5.91 Å². The molecule has 0 spiro atoms. The molecule has 2 aromatic rings. The molecule has 0 bridgehead atoms. The maximum atomic E-state index is 12.3. The van der Waals surface area contributed by atoms with E-state index in [1.807, 2.05) is 12.1 Å². The van der Waals surface area contributed by atoms with Gasteiger partial charge in [0.15, 0.2) is 12.2 Å². The SMILES string of the molecule is CN(CC(O)C1CC1)C(=O)c1ccc(-c2cnco2)cc1. The Balaban J connectivity index is 1.66. The number of benzene rings is 1. The summed E-state index contributed by atoms with van der Waals surface area (Å²) in [5.74, 6) is 0.958. The van der Waals surface area contributed by atoms with Crippen LogP contribution < -0.4 is 0 Å². The second kappa shape index (κ2) is 5.69. The number of amides is 1. The minimum atomic E-state index is -0.410. The molecule has 1 N–H and O–H groups in total. The summed E-state index contributed by atoms with van der Waals surface area (Å²) in [4.78, 5) is 17.7. The van der Waals surface area contributed by atoms with E-state index in [0.29, 0.717) is 23.8 Å². The van der Waals surface area contributed by atoms with E-state index in [-0.39, 0.29) is 5.91 Å². The third-order valence-corrected chi connectivity index (χ3v) is 3.82. The summed E-state index contributed by atoms with van der Waals surface area (Å²) in [6.45, 7) is 0.382. The second-order valence-electron chi connectivity index (χ2n) is 5.53. The highest BCUT2D eigenvalue weighted by Crippen LogP contribution is 2.32. The Morgan fingerprint density at radius 3 is 2.71 bits per heavy atom. The van der Waals surface area contributed by atoms with Crippen molar-refractivity contribution in [3.05, 3.63) is 42.4 Å². The van der Waals surface area contributed by atoms with Gasteiger partial charge >= 0.3 is 0 Å². The van der Waals surface area contributed by atoms with Gasteiger partial charge in [-0.1, -0.05) is 12.1 Å². The molecule has 0 radical (unpaired) electrons. The predicted molar refractivity (Wildman–Crippen MR) is 77.6 cm³/mol. The van der Waals surface area contributed by atoms with Crippen molar-refractivity contribution < 1.29 is 14.3 Å². The molecule has 1 aliphatic carbocycles. The average molecular weight is 286 g/mol. The van der Waals surface area contributed by atoms with Gasteiger partial charge < -0.3 is 14.4 Å². The Bertz CT molecular complexity index is 603. The molecular weight excluding hydrogens is 268 g/mol. The van der Waals surface area contributed by atoms with Crippen LogP contribution in [-0.4, -0.2) is 40.6 Å². The molecule has 5 nitrogen and oxygen atoms in total. The van der Waals surface area contributed by atoms with Crippen molar-refractivity contribution in [3.8, 4) is 11.3 Å². The fourth-order valence-electron chi connectivity index (χ4n) is 2.35. The smallest absolute Gasteiger partial charge is 0.253 e. The molecule has 0 saturated heterocycles. The molecule has 1 unspecified atom stereocenters. The van der Waals surface area contributed by atoms with E-state index in [2.05, 4.69) is 4.98 Å². The number of rotatable bonds is 5. The van der Waals surface area contributed by atoms with Crippen molar-refractivity contribution in [2.75, 3.05) is 13.6 Å². The van der Waals surface area contributed by atoms with Gasteiger partial charge in [-0.15, -0.1) is 0 Å². The van der Waals surface area contributed by atoms with Gasteiger partial charge in [0.1, 0.15) is 0 Å². The molecule has 1 fully saturated rings. The summed E-state index contributed by atoms with van der Waals surface area (Å²) < 4.78 is 5.21. The van der Waals surface area contributed by atoms with Gasteiger partial charge in [0.05, 0.1) is 12.3 Å². The van der Waals surface area contributed by atoms with Crippen LogP contribution in [0.2, 0.25) is 0 Å². The van der Waals surface area contributed by atoms with E-state index in [4.69, 9.17) is 4.42 Å². The number of oxazole rings is 1. The average Bonchev–Trinajstić information content (AvgIpc) is 3.22. The van der Waals surface area contributed by atoms with E-state index in [1.165, 1.54) is 6.39 Å². The molecule has 1 amide bonds. The molecule has 5 heteroatoms. The lowest BCUT2D eigenvalue weighted by Crippen LogP contribution is -2.35. The van der Waals surface area contributed by atoms with E-state index >= 15 is 0 Å². The molecular formula is C16H18N2O3. The standard InChI is InChI=1S/C16H18N2O3/c1-18(9-14(19)11-2-3-11)16(20)13-6-4-12(5-7-13)15-8-17-10-21-15/h4-8,10-11,14,19H,2-3,9H2,1H3.